The molecule has 0 aliphatic heterocycles. The van der Waals surface area contributed by atoms with E-state index in [1.54, 1.807) is 12.1 Å². The van der Waals surface area contributed by atoms with Crippen molar-refractivity contribution >= 4 is 15.9 Å². The number of rotatable bonds is 5. The highest BCUT2D eigenvalue weighted by molar-refractivity contribution is 9.10. The highest BCUT2D eigenvalue weighted by Crippen LogP contribution is 2.35. The van der Waals surface area contributed by atoms with Crippen LogP contribution in [0.2, 0.25) is 0 Å². The minimum Gasteiger partial charge on any atom is -0.376 e. The molecule has 0 bridgehead atoms. The maximum Gasteiger partial charge on any atom is 0.142 e. The van der Waals surface area contributed by atoms with Gasteiger partial charge < -0.3 is 10.1 Å². The number of ether oxygens (including phenoxy) is 1. The summed E-state index contributed by atoms with van der Waals surface area (Å²) in [6.45, 7) is 8.88. The molecule has 1 rings (SSSR count). The average molecular weight is 332 g/mol. The van der Waals surface area contributed by atoms with Crippen molar-refractivity contribution in [2.45, 2.75) is 39.8 Å². The fourth-order valence-electron chi connectivity index (χ4n) is 2.26. The van der Waals surface area contributed by atoms with Crippen LogP contribution in [0.1, 0.15) is 39.3 Å². The van der Waals surface area contributed by atoms with Gasteiger partial charge in [-0.15, -0.1) is 0 Å². The third-order valence-electron chi connectivity index (χ3n) is 3.13. The molecule has 0 amide bonds. The predicted molar refractivity (Wildman–Crippen MR) is 80.8 cm³/mol. The molecule has 2 nitrogen and oxygen atoms in total. The molecule has 0 saturated heterocycles. The Morgan fingerprint density at radius 1 is 1.37 bits per heavy atom. The normalized spacial score (nSPS) is 15.3. The Labute approximate surface area is 123 Å². The summed E-state index contributed by atoms with van der Waals surface area (Å²) in [5, 5.41) is 3.19. The van der Waals surface area contributed by atoms with E-state index >= 15 is 0 Å². The van der Waals surface area contributed by atoms with Gasteiger partial charge in [0.2, 0.25) is 0 Å². The fourth-order valence-corrected chi connectivity index (χ4v) is 2.64. The lowest BCUT2D eigenvalue weighted by Gasteiger charge is -2.37. The van der Waals surface area contributed by atoms with Gasteiger partial charge in [-0.3, -0.25) is 0 Å². The molecule has 1 aromatic rings. The molecule has 1 N–H and O–H groups in total. The number of halogens is 2. The van der Waals surface area contributed by atoms with Gasteiger partial charge in [-0.1, -0.05) is 32.9 Å². The standard InChI is InChI=1S/C15H23BrFNO/c1-6-19-14(15(2,3)4)13(18-5)10-8-7-9-11(16)12(10)17/h7-9,13-14,18H,6H2,1-5H3. The first-order chi connectivity index (χ1) is 8.82. The van der Waals surface area contributed by atoms with E-state index in [-0.39, 0.29) is 23.4 Å². The molecule has 0 heterocycles. The van der Waals surface area contributed by atoms with Crippen LogP contribution in [0.15, 0.2) is 22.7 Å². The van der Waals surface area contributed by atoms with Crippen molar-refractivity contribution in [2.24, 2.45) is 5.41 Å². The smallest absolute Gasteiger partial charge is 0.142 e. The lowest BCUT2D eigenvalue weighted by atomic mass is 9.82. The maximum absolute atomic E-state index is 14.3. The van der Waals surface area contributed by atoms with Gasteiger partial charge in [-0.2, -0.15) is 0 Å². The highest BCUT2D eigenvalue weighted by atomic mass is 79.9. The second kappa shape index (κ2) is 6.82. The molecule has 0 aromatic heterocycles. The van der Waals surface area contributed by atoms with Crippen molar-refractivity contribution < 1.29 is 9.13 Å². The zero-order chi connectivity index (χ0) is 14.6. The monoisotopic (exact) mass is 331 g/mol. The summed E-state index contributed by atoms with van der Waals surface area (Å²) in [4.78, 5) is 0. The van der Waals surface area contributed by atoms with Crippen LogP contribution in [0.5, 0.6) is 0 Å². The van der Waals surface area contributed by atoms with E-state index in [0.717, 1.165) is 0 Å². The van der Waals surface area contributed by atoms with Gasteiger partial charge in [0, 0.05) is 12.2 Å². The second-order valence-electron chi connectivity index (χ2n) is 5.65. The van der Waals surface area contributed by atoms with E-state index in [2.05, 4.69) is 42.0 Å². The number of benzene rings is 1. The van der Waals surface area contributed by atoms with Crippen molar-refractivity contribution in [1.82, 2.24) is 5.32 Å². The van der Waals surface area contributed by atoms with Gasteiger partial charge in [-0.05, 0) is 41.4 Å². The topological polar surface area (TPSA) is 21.3 Å². The van der Waals surface area contributed by atoms with Crippen LogP contribution in [-0.4, -0.2) is 19.8 Å². The van der Waals surface area contributed by atoms with Crippen molar-refractivity contribution in [3.8, 4) is 0 Å². The molecule has 0 aliphatic rings. The first-order valence-electron chi connectivity index (χ1n) is 6.55. The van der Waals surface area contributed by atoms with E-state index < -0.39 is 0 Å². The molecule has 4 heteroatoms. The summed E-state index contributed by atoms with van der Waals surface area (Å²) >= 11 is 3.24. The Morgan fingerprint density at radius 2 is 2.00 bits per heavy atom. The SMILES string of the molecule is CCOC(C(NC)c1cccc(Br)c1F)C(C)(C)C. The van der Waals surface area contributed by atoms with Crippen molar-refractivity contribution in [3.63, 3.8) is 0 Å². The number of hydrogen-bond acceptors (Lipinski definition) is 2. The first-order valence-corrected chi connectivity index (χ1v) is 7.35. The molecular formula is C15H23BrFNO. The summed E-state index contributed by atoms with van der Waals surface area (Å²) in [6.07, 6.45) is -0.105. The van der Waals surface area contributed by atoms with Crippen LogP contribution in [-0.2, 0) is 4.74 Å². The Bertz CT molecular complexity index is 417. The van der Waals surface area contributed by atoms with E-state index in [4.69, 9.17) is 4.74 Å². The summed E-state index contributed by atoms with van der Waals surface area (Å²) < 4.78 is 20.6. The number of likely N-dealkylation sites (N-methyl/N-ethyl adjacent to an activating group) is 1. The first kappa shape index (κ1) is 16.6. The molecule has 19 heavy (non-hydrogen) atoms. The van der Waals surface area contributed by atoms with Crippen LogP contribution < -0.4 is 5.32 Å². The molecule has 108 valence electrons. The molecule has 0 saturated carbocycles. The van der Waals surface area contributed by atoms with Crippen LogP contribution in [0.3, 0.4) is 0 Å². The molecular weight excluding hydrogens is 309 g/mol. The van der Waals surface area contributed by atoms with Gasteiger partial charge in [0.25, 0.3) is 0 Å². The summed E-state index contributed by atoms with van der Waals surface area (Å²) in [7, 11) is 1.84. The highest BCUT2D eigenvalue weighted by Gasteiger charge is 2.34. The van der Waals surface area contributed by atoms with Crippen molar-refractivity contribution in [3.05, 3.63) is 34.1 Å². The summed E-state index contributed by atoms with van der Waals surface area (Å²) in [5.74, 6) is -0.226. The fraction of sp³-hybridized carbons (Fsp3) is 0.600. The zero-order valence-electron chi connectivity index (χ0n) is 12.3. The predicted octanol–water partition coefficient (Wildman–Crippen LogP) is 4.30. The largest absolute Gasteiger partial charge is 0.376 e. The Balaban J connectivity index is 3.20. The van der Waals surface area contributed by atoms with Gasteiger partial charge in [0.15, 0.2) is 0 Å². The van der Waals surface area contributed by atoms with Gasteiger partial charge in [0.05, 0.1) is 16.6 Å². The van der Waals surface area contributed by atoms with Gasteiger partial charge in [0.1, 0.15) is 5.82 Å². The van der Waals surface area contributed by atoms with Gasteiger partial charge in [-0.25, -0.2) is 4.39 Å². The zero-order valence-corrected chi connectivity index (χ0v) is 13.8. The second-order valence-corrected chi connectivity index (χ2v) is 6.51. The Morgan fingerprint density at radius 3 is 2.47 bits per heavy atom. The number of hydrogen-bond donors (Lipinski definition) is 1. The third kappa shape index (κ3) is 4.01. The molecule has 2 atom stereocenters. The quantitative estimate of drug-likeness (QED) is 0.868. The number of nitrogens with one attached hydrogen (secondary N) is 1. The molecule has 0 radical (unpaired) electrons. The molecule has 2 unspecified atom stereocenters. The van der Waals surface area contributed by atoms with Crippen LogP contribution in [0.25, 0.3) is 0 Å². The van der Waals surface area contributed by atoms with E-state index in [9.17, 15) is 4.39 Å². The lowest BCUT2D eigenvalue weighted by molar-refractivity contribution is -0.0357. The van der Waals surface area contributed by atoms with Crippen LogP contribution in [0, 0.1) is 11.2 Å². The Kier molecular flexibility index (Phi) is 5.96. The summed E-state index contributed by atoms with van der Waals surface area (Å²) in [5.41, 5.74) is 0.545. The van der Waals surface area contributed by atoms with Crippen LogP contribution in [0.4, 0.5) is 4.39 Å². The van der Waals surface area contributed by atoms with E-state index in [1.807, 2.05) is 20.0 Å². The summed E-state index contributed by atoms with van der Waals surface area (Å²) in [6, 6.07) is 5.17. The Hall–Kier alpha value is -0.450. The molecule has 1 aromatic carbocycles. The average Bonchev–Trinajstić information content (AvgIpc) is 2.33. The van der Waals surface area contributed by atoms with Crippen LogP contribution >= 0.6 is 15.9 Å². The maximum atomic E-state index is 14.3. The lowest BCUT2D eigenvalue weighted by Crippen LogP contribution is -2.41. The minimum atomic E-state index is -0.226. The van der Waals surface area contributed by atoms with E-state index in [0.29, 0.717) is 16.6 Å². The molecule has 0 fully saturated rings. The van der Waals surface area contributed by atoms with E-state index in [1.165, 1.54) is 0 Å². The molecule has 0 aliphatic carbocycles. The minimum absolute atomic E-state index is 0.0849. The third-order valence-corrected chi connectivity index (χ3v) is 3.74. The van der Waals surface area contributed by atoms with Crippen molar-refractivity contribution in [2.75, 3.05) is 13.7 Å². The molecule has 0 spiro atoms. The van der Waals surface area contributed by atoms with Crippen molar-refractivity contribution in [1.29, 1.82) is 0 Å². The van der Waals surface area contributed by atoms with Gasteiger partial charge >= 0.3 is 0 Å².